The van der Waals surface area contributed by atoms with Crippen LogP contribution in [0.5, 0.6) is 0 Å². The van der Waals surface area contributed by atoms with Gasteiger partial charge >= 0.3 is 0 Å². The molecule has 3 aromatic rings. The summed E-state index contributed by atoms with van der Waals surface area (Å²) in [4.78, 5) is 0.892. The van der Waals surface area contributed by atoms with E-state index in [0.29, 0.717) is 27.6 Å². The van der Waals surface area contributed by atoms with Gasteiger partial charge in [0.15, 0.2) is 0 Å². The Hall–Kier alpha value is -1.49. The molecule has 0 radical (unpaired) electrons. The summed E-state index contributed by atoms with van der Waals surface area (Å²) in [5.74, 6) is 1.61. The van der Waals surface area contributed by atoms with Gasteiger partial charge in [0.2, 0.25) is 11.8 Å². The number of benzene rings is 2. The van der Waals surface area contributed by atoms with Crippen molar-refractivity contribution in [2.45, 2.75) is 10.6 Å². The molecule has 0 amide bonds. The molecule has 3 rings (SSSR count). The number of aromatic nitrogens is 2. The Bertz CT molecular complexity index is 746. The van der Waals surface area contributed by atoms with E-state index in [9.17, 15) is 0 Å². The highest BCUT2D eigenvalue weighted by molar-refractivity contribution is 7.98. The summed E-state index contributed by atoms with van der Waals surface area (Å²) >= 11 is 13.6. The van der Waals surface area contributed by atoms with Gasteiger partial charge in [0.1, 0.15) is 0 Å². The van der Waals surface area contributed by atoms with Crippen molar-refractivity contribution in [3.05, 3.63) is 64.5 Å². The summed E-state index contributed by atoms with van der Waals surface area (Å²) in [7, 11) is 0. The second-order valence-electron chi connectivity index (χ2n) is 4.23. The lowest BCUT2D eigenvalue weighted by atomic mass is 10.2. The third-order valence-electron chi connectivity index (χ3n) is 2.73. The first kappa shape index (κ1) is 14.4. The highest BCUT2D eigenvalue weighted by atomic mass is 35.5. The lowest BCUT2D eigenvalue weighted by Crippen LogP contribution is -1.81. The minimum atomic E-state index is 0.517. The fourth-order valence-electron chi connectivity index (χ4n) is 1.74. The van der Waals surface area contributed by atoms with Crippen LogP contribution < -0.4 is 0 Å². The van der Waals surface area contributed by atoms with Crippen LogP contribution >= 0.6 is 35.0 Å². The number of halogens is 2. The maximum absolute atomic E-state index is 6.12. The Labute approximate surface area is 136 Å². The summed E-state index contributed by atoms with van der Waals surface area (Å²) in [5.41, 5.74) is 0.905. The van der Waals surface area contributed by atoms with Gasteiger partial charge in [-0.3, -0.25) is 0 Å². The van der Waals surface area contributed by atoms with Crippen LogP contribution in [0.25, 0.3) is 11.5 Å². The van der Waals surface area contributed by atoms with Crippen LogP contribution in [0, 0.1) is 0 Å². The van der Waals surface area contributed by atoms with E-state index in [4.69, 9.17) is 27.6 Å². The molecule has 0 aliphatic rings. The quantitative estimate of drug-likeness (QED) is 0.603. The molecule has 0 aliphatic carbocycles. The van der Waals surface area contributed by atoms with Gasteiger partial charge in [-0.25, -0.2) is 0 Å². The normalized spacial score (nSPS) is 10.8. The van der Waals surface area contributed by atoms with E-state index in [0.717, 1.165) is 10.5 Å². The van der Waals surface area contributed by atoms with Crippen LogP contribution in [0.4, 0.5) is 0 Å². The predicted octanol–water partition coefficient (Wildman–Crippen LogP) is 5.34. The molecule has 6 heteroatoms. The summed E-state index contributed by atoms with van der Waals surface area (Å²) in [6.07, 6.45) is 0. The van der Waals surface area contributed by atoms with Crippen LogP contribution in [-0.2, 0) is 5.75 Å². The van der Waals surface area contributed by atoms with Crippen molar-refractivity contribution in [3.63, 3.8) is 0 Å². The first-order valence-corrected chi connectivity index (χ1v) is 7.92. The zero-order valence-corrected chi connectivity index (χ0v) is 13.1. The third kappa shape index (κ3) is 3.59. The van der Waals surface area contributed by atoms with E-state index in [1.807, 2.05) is 36.4 Å². The maximum atomic E-state index is 6.12. The third-order valence-corrected chi connectivity index (χ3v) is 4.45. The van der Waals surface area contributed by atoms with Gasteiger partial charge in [-0.1, -0.05) is 41.4 Å². The van der Waals surface area contributed by atoms with Gasteiger partial charge in [-0.15, -0.1) is 22.0 Å². The first-order chi connectivity index (χ1) is 10.2. The second kappa shape index (κ2) is 6.52. The minimum absolute atomic E-state index is 0.517. The summed E-state index contributed by atoms with van der Waals surface area (Å²) in [5, 5.41) is 9.41. The van der Waals surface area contributed by atoms with Crippen LogP contribution in [-0.4, -0.2) is 10.2 Å². The molecule has 3 nitrogen and oxygen atoms in total. The highest BCUT2D eigenvalue weighted by Crippen LogP contribution is 2.32. The van der Waals surface area contributed by atoms with Crippen molar-refractivity contribution < 1.29 is 4.42 Å². The van der Waals surface area contributed by atoms with Gasteiger partial charge < -0.3 is 4.42 Å². The molecule has 0 N–H and O–H groups in total. The molecule has 0 spiro atoms. The molecule has 0 bridgehead atoms. The Morgan fingerprint density at radius 2 is 1.81 bits per heavy atom. The summed E-state index contributed by atoms with van der Waals surface area (Å²) in [6.45, 7) is 0. The standard InChI is InChI=1S/C15H10Cl2N2OS/c16-11-6-7-12(17)13(8-11)21-9-14-18-19-15(20-14)10-4-2-1-3-5-10/h1-8H,9H2. The zero-order chi connectivity index (χ0) is 14.7. The van der Waals surface area contributed by atoms with E-state index >= 15 is 0 Å². The van der Waals surface area contributed by atoms with Crippen molar-refractivity contribution in [1.82, 2.24) is 10.2 Å². The molecular formula is C15H10Cl2N2OS. The molecule has 0 fully saturated rings. The second-order valence-corrected chi connectivity index (χ2v) is 6.09. The van der Waals surface area contributed by atoms with Crippen molar-refractivity contribution in [3.8, 4) is 11.5 Å². The molecule has 1 aromatic heterocycles. The minimum Gasteiger partial charge on any atom is -0.420 e. The fourth-order valence-corrected chi connectivity index (χ4v) is 3.07. The highest BCUT2D eigenvalue weighted by Gasteiger charge is 2.10. The van der Waals surface area contributed by atoms with E-state index in [1.165, 1.54) is 11.8 Å². The zero-order valence-electron chi connectivity index (χ0n) is 10.8. The van der Waals surface area contributed by atoms with Crippen molar-refractivity contribution in [1.29, 1.82) is 0 Å². The molecule has 0 aliphatic heterocycles. The number of rotatable bonds is 4. The number of hydrogen-bond donors (Lipinski definition) is 0. The van der Waals surface area contributed by atoms with Gasteiger partial charge in [0.05, 0.1) is 10.8 Å². The van der Waals surface area contributed by atoms with E-state index in [1.54, 1.807) is 12.1 Å². The average molecular weight is 337 g/mol. The molecule has 0 unspecified atom stereocenters. The van der Waals surface area contributed by atoms with Crippen molar-refractivity contribution in [2.75, 3.05) is 0 Å². The van der Waals surface area contributed by atoms with Gasteiger partial charge in [0.25, 0.3) is 0 Å². The Morgan fingerprint density at radius 1 is 1.00 bits per heavy atom. The van der Waals surface area contributed by atoms with Crippen LogP contribution in [0.15, 0.2) is 57.8 Å². The summed E-state index contributed by atoms with van der Waals surface area (Å²) in [6, 6.07) is 15.0. The lowest BCUT2D eigenvalue weighted by Gasteiger charge is -2.02. The largest absolute Gasteiger partial charge is 0.420 e. The Morgan fingerprint density at radius 3 is 2.62 bits per heavy atom. The van der Waals surface area contributed by atoms with Crippen LogP contribution in [0.2, 0.25) is 10.0 Å². The number of hydrogen-bond acceptors (Lipinski definition) is 4. The topological polar surface area (TPSA) is 38.9 Å². The van der Waals surface area contributed by atoms with Crippen molar-refractivity contribution >= 4 is 35.0 Å². The molecule has 106 valence electrons. The van der Waals surface area contributed by atoms with E-state index in [-0.39, 0.29) is 0 Å². The smallest absolute Gasteiger partial charge is 0.247 e. The van der Waals surface area contributed by atoms with Crippen molar-refractivity contribution in [2.24, 2.45) is 0 Å². The van der Waals surface area contributed by atoms with Gasteiger partial charge in [-0.05, 0) is 30.3 Å². The van der Waals surface area contributed by atoms with E-state index < -0.39 is 0 Å². The molecule has 0 saturated carbocycles. The average Bonchev–Trinajstić information content (AvgIpc) is 2.98. The molecule has 21 heavy (non-hydrogen) atoms. The number of nitrogens with zero attached hydrogens (tertiary/aromatic N) is 2. The Kier molecular flexibility index (Phi) is 4.48. The van der Waals surface area contributed by atoms with Gasteiger partial charge in [-0.2, -0.15) is 0 Å². The fraction of sp³-hybridized carbons (Fsp3) is 0.0667. The predicted molar refractivity (Wildman–Crippen MR) is 85.8 cm³/mol. The SMILES string of the molecule is Clc1ccc(Cl)c(SCc2nnc(-c3ccccc3)o2)c1. The van der Waals surface area contributed by atoms with Crippen LogP contribution in [0.3, 0.4) is 0 Å². The maximum Gasteiger partial charge on any atom is 0.247 e. The first-order valence-electron chi connectivity index (χ1n) is 6.18. The molecular weight excluding hydrogens is 327 g/mol. The Balaban J connectivity index is 1.72. The lowest BCUT2D eigenvalue weighted by molar-refractivity contribution is 0.528. The molecule has 0 saturated heterocycles. The summed E-state index contributed by atoms with van der Waals surface area (Å²) < 4.78 is 5.64. The van der Waals surface area contributed by atoms with E-state index in [2.05, 4.69) is 10.2 Å². The number of thioether (sulfide) groups is 1. The van der Waals surface area contributed by atoms with Gasteiger partial charge in [0, 0.05) is 15.5 Å². The molecule has 0 atom stereocenters. The molecule has 2 aromatic carbocycles. The molecule has 1 heterocycles. The monoisotopic (exact) mass is 336 g/mol. The van der Waals surface area contributed by atoms with Crippen LogP contribution in [0.1, 0.15) is 5.89 Å².